The molecule has 1 aliphatic heterocycles. The summed E-state index contributed by atoms with van der Waals surface area (Å²) in [5.74, 6) is 1.25. The first-order valence-corrected chi connectivity index (χ1v) is 9.40. The number of aromatic nitrogens is 4. The molecule has 1 saturated carbocycles. The van der Waals surface area contributed by atoms with Crippen LogP contribution in [0.1, 0.15) is 42.2 Å². The molecule has 2 unspecified atom stereocenters. The average Bonchev–Trinajstić information content (AvgIpc) is 3.43. The lowest BCUT2D eigenvalue weighted by atomic mass is 10.1. The van der Waals surface area contributed by atoms with Crippen LogP contribution in [-0.2, 0) is 4.79 Å². The molecule has 0 spiro atoms. The zero-order chi connectivity index (χ0) is 19.1. The van der Waals surface area contributed by atoms with Crippen molar-refractivity contribution in [1.29, 1.82) is 0 Å². The molecular weight excluding hydrogens is 357 g/mol. The number of benzene rings is 1. The second-order valence-electron chi connectivity index (χ2n) is 7.22. The molecular formula is C21H18FN5O. The first-order valence-electron chi connectivity index (χ1n) is 9.40. The fourth-order valence-corrected chi connectivity index (χ4v) is 3.86. The van der Waals surface area contributed by atoms with Gasteiger partial charge in [0, 0.05) is 37.8 Å². The Kier molecular flexibility index (Phi) is 4.07. The largest absolute Gasteiger partial charge is 0.310 e. The van der Waals surface area contributed by atoms with Crippen LogP contribution in [0.4, 0.5) is 10.1 Å². The van der Waals surface area contributed by atoms with E-state index in [4.69, 9.17) is 0 Å². The van der Waals surface area contributed by atoms with Crippen LogP contribution >= 0.6 is 0 Å². The minimum Gasteiger partial charge on any atom is -0.310 e. The predicted molar refractivity (Wildman–Crippen MR) is 101 cm³/mol. The van der Waals surface area contributed by atoms with Gasteiger partial charge in [0.2, 0.25) is 5.91 Å². The molecule has 3 aromatic rings. The number of nitrogens with zero attached hydrogens (tertiary/aromatic N) is 5. The van der Waals surface area contributed by atoms with E-state index in [1.807, 2.05) is 24.5 Å². The molecule has 1 aromatic carbocycles. The molecule has 28 heavy (non-hydrogen) atoms. The van der Waals surface area contributed by atoms with Crippen molar-refractivity contribution < 1.29 is 9.18 Å². The minimum atomic E-state index is -0.341. The van der Waals surface area contributed by atoms with Gasteiger partial charge in [-0.3, -0.25) is 4.79 Å². The van der Waals surface area contributed by atoms with Gasteiger partial charge in [-0.2, -0.15) is 0 Å². The smallest absolute Gasteiger partial charge is 0.227 e. The third-order valence-corrected chi connectivity index (χ3v) is 5.42. The monoisotopic (exact) mass is 375 g/mol. The zero-order valence-corrected chi connectivity index (χ0v) is 15.1. The van der Waals surface area contributed by atoms with E-state index in [0.717, 1.165) is 24.0 Å². The highest BCUT2D eigenvalue weighted by atomic mass is 19.1. The number of halogens is 1. The molecule has 2 aliphatic rings. The Morgan fingerprint density at radius 2 is 1.68 bits per heavy atom. The Bertz CT molecular complexity index is 1020. The topological polar surface area (TPSA) is 71.9 Å². The number of hydrogen-bond donors (Lipinski definition) is 0. The van der Waals surface area contributed by atoms with Crippen LogP contribution < -0.4 is 4.90 Å². The van der Waals surface area contributed by atoms with E-state index in [2.05, 4.69) is 19.9 Å². The fourth-order valence-electron chi connectivity index (χ4n) is 3.86. The molecule has 2 atom stereocenters. The van der Waals surface area contributed by atoms with E-state index in [1.54, 1.807) is 23.4 Å². The molecule has 6 nitrogen and oxygen atoms in total. The molecule has 0 bridgehead atoms. The summed E-state index contributed by atoms with van der Waals surface area (Å²) in [4.78, 5) is 30.7. The Labute approximate surface area is 161 Å². The summed E-state index contributed by atoms with van der Waals surface area (Å²) < 4.78 is 14.3. The molecule has 0 N–H and O–H groups in total. The van der Waals surface area contributed by atoms with Crippen molar-refractivity contribution in [1.82, 2.24) is 19.9 Å². The normalized spacial score (nSPS) is 21.2. The quantitative estimate of drug-likeness (QED) is 0.698. The summed E-state index contributed by atoms with van der Waals surface area (Å²) in [5.41, 5.74) is 2.50. The van der Waals surface area contributed by atoms with Crippen molar-refractivity contribution in [2.24, 2.45) is 0 Å². The molecule has 5 rings (SSSR count). The van der Waals surface area contributed by atoms with Gasteiger partial charge in [-0.1, -0.05) is 6.07 Å². The highest BCUT2D eigenvalue weighted by Crippen LogP contribution is 2.55. The number of amides is 1. The van der Waals surface area contributed by atoms with Crippen molar-refractivity contribution >= 4 is 11.6 Å². The molecule has 7 heteroatoms. The molecule has 1 amide bonds. The standard InChI is InChI=1S/C21H18FN5O/c22-17-5-4-13(9-18(17)27-8-1-3-19(27)28)15-10-16(15)14-11-25-21(26-12-14)20-23-6-2-7-24-20/h2,4-7,9,11-12,15-16H,1,3,8,10H2. The Balaban J connectivity index is 1.35. The maximum absolute atomic E-state index is 14.3. The summed E-state index contributed by atoms with van der Waals surface area (Å²) in [7, 11) is 0. The maximum atomic E-state index is 14.3. The van der Waals surface area contributed by atoms with E-state index < -0.39 is 0 Å². The van der Waals surface area contributed by atoms with Crippen molar-refractivity contribution in [3.05, 3.63) is 66.0 Å². The minimum absolute atomic E-state index is 0.00415. The van der Waals surface area contributed by atoms with Gasteiger partial charge in [-0.05, 0) is 54.0 Å². The van der Waals surface area contributed by atoms with Gasteiger partial charge in [0.15, 0.2) is 11.6 Å². The molecule has 2 aromatic heterocycles. The van der Waals surface area contributed by atoms with Gasteiger partial charge in [0.25, 0.3) is 0 Å². The number of anilines is 1. The van der Waals surface area contributed by atoms with Crippen LogP contribution in [0, 0.1) is 5.82 Å². The highest BCUT2D eigenvalue weighted by Gasteiger charge is 2.40. The first kappa shape index (κ1) is 16.9. The number of carbonyl (C=O) groups is 1. The number of hydrogen-bond acceptors (Lipinski definition) is 5. The third kappa shape index (κ3) is 3.02. The average molecular weight is 375 g/mol. The van der Waals surface area contributed by atoms with Crippen LogP contribution in [-0.4, -0.2) is 32.4 Å². The SMILES string of the molecule is O=C1CCCN1c1cc(C2CC2c2cnc(-c3ncccn3)nc2)ccc1F. The summed E-state index contributed by atoms with van der Waals surface area (Å²) in [6, 6.07) is 6.87. The lowest BCUT2D eigenvalue weighted by Gasteiger charge is -2.17. The van der Waals surface area contributed by atoms with Gasteiger partial charge >= 0.3 is 0 Å². The van der Waals surface area contributed by atoms with Gasteiger partial charge in [-0.15, -0.1) is 0 Å². The van der Waals surface area contributed by atoms with Gasteiger partial charge in [0.05, 0.1) is 5.69 Å². The van der Waals surface area contributed by atoms with Crippen LogP contribution in [0.5, 0.6) is 0 Å². The predicted octanol–water partition coefficient (Wildman–Crippen LogP) is 3.47. The molecule has 1 aliphatic carbocycles. The van der Waals surface area contributed by atoms with E-state index in [1.165, 1.54) is 6.07 Å². The van der Waals surface area contributed by atoms with E-state index in [-0.39, 0.29) is 11.7 Å². The maximum Gasteiger partial charge on any atom is 0.227 e. The molecule has 2 fully saturated rings. The van der Waals surface area contributed by atoms with Crippen molar-refractivity contribution in [3.63, 3.8) is 0 Å². The number of carbonyl (C=O) groups excluding carboxylic acids is 1. The molecule has 1 saturated heterocycles. The Morgan fingerprint density at radius 3 is 2.39 bits per heavy atom. The third-order valence-electron chi connectivity index (χ3n) is 5.42. The lowest BCUT2D eigenvalue weighted by molar-refractivity contribution is -0.117. The van der Waals surface area contributed by atoms with Gasteiger partial charge in [-0.25, -0.2) is 24.3 Å². The van der Waals surface area contributed by atoms with E-state index >= 15 is 0 Å². The van der Waals surface area contributed by atoms with Crippen molar-refractivity contribution in [2.45, 2.75) is 31.1 Å². The van der Waals surface area contributed by atoms with Crippen molar-refractivity contribution in [3.8, 4) is 11.6 Å². The van der Waals surface area contributed by atoms with Gasteiger partial charge in [0.1, 0.15) is 5.82 Å². The Morgan fingerprint density at radius 1 is 0.964 bits per heavy atom. The summed E-state index contributed by atoms with van der Waals surface area (Å²) in [5, 5.41) is 0. The summed E-state index contributed by atoms with van der Waals surface area (Å²) in [6.45, 7) is 0.587. The molecule has 3 heterocycles. The van der Waals surface area contributed by atoms with Crippen LogP contribution in [0.25, 0.3) is 11.6 Å². The lowest BCUT2D eigenvalue weighted by Crippen LogP contribution is -2.24. The van der Waals surface area contributed by atoms with Crippen LogP contribution in [0.3, 0.4) is 0 Å². The second-order valence-corrected chi connectivity index (χ2v) is 7.22. The fraction of sp³-hybridized carbons (Fsp3) is 0.286. The van der Waals surface area contributed by atoms with Crippen LogP contribution in [0.15, 0.2) is 49.1 Å². The molecule has 140 valence electrons. The summed E-state index contributed by atoms with van der Waals surface area (Å²) in [6.07, 6.45) is 9.19. The van der Waals surface area contributed by atoms with Crippen molar-refractivity contribution in [2.75, 3.05) is 11.4 Å². The number of rotatable bonds is 4. The van der Waals surface area contributed by atoms with E-state index in [9.17, 15) is 9.18 Å². The summed E-state index contributed by atoms with van der Waals surface area (Å²) >= 11 is 0. The van der Waals surface area contributed by atoms with Crippen LogP contribution in [0.2, 0.25) is 0 Å². The first-order chi connectivity index (χ1) is 13.7. The molecule has 0 radical (unpaired) electrons. The van der Waals surface area contributed by atoms with E-state index in [0.29, 0.717) is 42.1 Å². The highest BCUT2D eigenvalue weighted by molar-refractivity contribution is 5.95. The van der Waals surface area contributed by atoms with Gasteiger partial charge < -0.3 is 4.90 Å². The zero-order valence-electron chi connectivity index (χ0n) is 15.1. The second kappa shape index (κ2) is 6.74. The Hall–Kier alpha value is -3.22.